The second kappa shape index (κ2) is 6.35. The molecule has 0 aliphatic carbocycles. The van der Waals surface area contributed by atoms with E-state index >= 15 is 0 Å². The van der Waals surface area contributed by atoms with Crippen molar-refractivity contribution in [3.05, 3.63) is 53.4 Å². The molecule has 1 unspecified atom stereocenters. The number of carbonyl (C=O) groups is 1. The Bertz CT molecular complexity index is 890. The highest BCUT2D eigenvalue weighted by Gasteiger charge is 2.30. The van der Waals surface area contributed by atoms with Crippen molar-refractivity contribution in [1.82, 2.24) is 24.5 Å². The summed E-state index contributed by atoms with van der Waals surface area (Å²) in [5.74, 6) is 0.0856. The first kappa shape index (κ1) is 15.9. The summed E-state index contributed by atoms with van der Waals surface area (Å²) >= 11 is 0. The number of nitrogens with one attached hydrogen (secondary N) is 1. The number of amides is 1. The van der Waals surface area contributed by atoms with Gasteiger partial charge in [0.2, 0.25) is 0 Å². The van der Waals surface area contributed by atoms with Gasteiger partial charge in [0, 0.05) is 24.0 Å². The lowest BCUT2D eigenvalue weighted by Crippen LogP contribution is -2.35. The minimum Gasteiger partial charge on any atom is -0.331 e. The molecule has 0 saturated carbocycles. The van der Waals surface area contributed by atoms with Crippen LogP contribution in [0.2, 0.25) is 0 Å². The maximum atomic E-state index is 13.3. The van der Waals surface area contributed by atoms with Crippen LogP contribution in [0.4, 0.5) is 0 Å². The summed E-state index contributed by atoms with van der Waals surface area (Å²) in [7, 11) is 0. The lowest BCUT2D eigenvalue weighted by Gasteiger charge is -2.30. The van der Waals surface area contributed by atoms with Crippen LogP contribution in [0.25, 0.3) is 5.52 Å². The topological polar surface area (TPSA) is 66.3 Å². The number of pyridine rings is 1. The molecule has 130 valence electrons. The van der Waals surface area contributed by atoms with E-state index in [0.717, 1.165) is 49.1 Å². The third kappa shape index (κ3) is 2.81. The average Bonchev–Trinajstić information content (AvgIpc) is 3.13. The lowest BCUT2D eigenvalue weighted by atomic mass is 9.98. The molecular weight excluding hydrogens is 314 g/mol. The fraction of sp³-hybridized carbons (Fsp3) is 0.421. The first-order valence-corrected chi connectivity index (χ1v) is 8.89. The van der Waals surface area contributed by atoms with Crippen molar-refractivity contribution in [3.8, 4) is 0 Å². The van der Waals surface area contributed by atoms with E-state index in [0.29, 0.717) is 5.56 Å². The number of rotatable bonds is 2. The molecule has 6 heteroatoms. The summed E-state index contributed by atoms with van der Waals surface area (Å²) in [6.45, 7) is 4.85. The van der Waals surface area contributed by atoms with Gasteiger partial charge in [0.1, 0.15) is 0 Å². The fourth-order valence-electron chi connectivity index (χ4n) is 3.91. The summed E-state index contributed by atoms with van der Waals surface area (Å²) in [5.41, 5.74) is 4.93. The van der Waals surface area contributed by atoms with Gasteiger partial charge in [-0.3, -0.25) is 9.89 Å². The van der Waals surface area contributed by atoms with Crippen LogP contribution >= 0.6 is 0 Å². The van der Waals surface area contributed by atoms with Crippen molar-refractivity contribution in [2.75, 3.05) is 6.54 Å². The van der Waals surface area contributed by atoms with Crippen LogP contribution < -0.4 is 0 Å². The Morgan fingerprint density at radius 1 is 1.24 bits per heavy atom. The van der Waals surface area contributed by atoms with E-state index < -0.39 is 0 Å². The van der Waals surface area contributed by atoms with Gasteiger partial charge < -0.3 is 9.30 Å². The molecule has 1 atom stereocenters. The summed E-state index contributed by atoms with van der Waals surface area (Å²) in [5, 5.41) is 7.42. The predicted octanol–water partition coefficient (Wildman–Crippen LogP) is 3.43. The Kier molecular flexibility index (Phi) is 4.03. The maximum absolute atomic E-state index is 13.3. The number of fused-ring (bicyclic) bond motifs is 1. The maximum Gasteiger partial charge on any atom is 0.255 e. The Morgan fingerprint density at radius 2 is 2.12 bits per heavy atom. The number of aromatic nitrogens is 4. The predicted molar refractivity (Wildman–Crippen MR) is 95.5 cm³/mol. The molecule has 1 aliphatic heterocycles. The highest BCUT2D eigenvalue weighted by atomic mass is 16.2. The minimum atomic E-state index is 0.0856. The number of carbonyl (C=O) groups excluding carboxylic acids is 1. The third-order valence-corrected chi connectivity index (χ3v) is 5.19. The van der Waals surface area contributed by atoms with E-state index in [1.165, 1.54) is 5.56 Å². The van der Waals surface area contributed by atoms with Crippen molar-refractivity contribution in [1.29, 1.82) is 0 Å². The molecule has 1 N–H and O–H groups in total. The minimum absolute atomic E-state index is 0.0856. The first-order valence-electron chi connectivity index (χ1n) is 8.89. The van der Waals surface area contributed by atoms with Crippen molar-refractivity contribution < 1.29 is 4.79 Å². The van der Waals surface area contributed by atoms with Crippen molar-refractivity contribution in [2.45, 2.75) is 45.6 Å². The molecular formula is C19H23N5O. The van der Waals surface area contributed by atoms with Crippen molar-refractivity contribution in [2.24, 2.45) is 0 Å². The van der Waals surface area contributed by atoms with E-state index in [1.807, 2.05) is 41.5 Å². The fourth-order valence-corrected chi connectivity index (χ4v) is 3.91. The van der Waals surface area contributed by atoms with Crippen LogP contribution in [0.3, 0.4) is 0 Å². The zero-order valence-electron chi connectivity index (χ0n) is 14.7. The quantitative estimate of drug-likeness (QED) is 0.779. The molecule has 1 aliphatic rings. The molecule has 1 amide bonds. The number of hydrogen-bond acceptors (Lipinski definition) is 3. The first-order chi connectivity index (χ1) is 12.1. The second-order valence-corrected chi connectivity index (χ2v) is 6.85. The Morgan fingerprint density at radius 3 is 2.92 bits per heavy atom. The molecule has 0 spiro atoms. The van der Waals surface area contributed by atoms with E-state index in [4.69, 9.17) is 0 Å². The van der Waals surface area contributed by atoms with Crippen molar-refractivity contribution in [3.63, 3.8) is 0 Å². The number of imidazole rings is 1. The SMILES string of the molecule is Cc1n[nH]c(C)c1C1CCCCCN1C(=O)c1ccc2cncn2c1. The van der Waals surface area contributed by atoms with Gasteiger partial charge in [0.05, 0.1) is 35.3 Å². The Hall–Kier alpha value is -2.63. The molecule has 1 fully saturated rings. The van der Waals surface area contributed by atoms with Crippen LogP contribution in [0.1, 0.15) is 59.0 Å². The van der Waals surface area contributed by atoms with Gasteiger partial charge in [-0.25, -0.2) is 4.98 Å². The van der Waals surface area contributed by atoms with Gasteiger partial charge in [-0.2, -0.15) is 5.10 Å². The monoisotopic (exact) mass is 337 g/mol. The average molecular weight is 337 g/mol. The van der Waals surface area contributed by atoms with E-state index in [1.54, 1.807) is 12.5 Å². The zero-order chi connectivity index (χ0) is 17.4. The van der Waals surface area contributed by atoms with Gasteiger partial charge in [-0.05, 0) is 38.8 Å². The van der Waals surface area contributed by atoms with Gasteiger partial charge in [-0.15, -0.1) is 0 Å². The second-order valence-electron chi connectivity index (χ2n) is 6.85. The third-order valence-electron chi connectivity index (χ3n) is 5.19. The standard InChI is InChI=1S/C19H23N5O/c1-13-18(14(2)22-21-13)17-6-4-3-5-9-24(17)19(25)15-7-8-16-10-20-12-23(16)11-15/h7-8,10-12,17H,3-6,9H2,1-2H3,(H,21,22). The van der Waals surface area contributed by atoms with E-state index in [9.17, 15) is 4.79 Å². The van der Waals surface area contributed by atoms with Crippen molar-refractivity contribution >= 4 is 11.4 Å². The van der Waals surface area contributed by atoms with Crippen LogP contribution in [0.15, 0.2) is 30.9 Å². The number of nitrogens with zero attached hydrogens (tertiary/aromatic N) is 4. The van der Waals surface area contributed by atoms with Crippen LogP contribution in [0, 0.1) is 13.8 Å². The molecule has 1 saturated heterocycles. The van der Waals surface area contributed by atoms with Gasteiger partial charge in [0.15, 0.2) is 0 Å². The molecule has 3 aromatic rings. The molecule has 0 aromatic carbocycles. The number of aromatic amines is 1. The molecule has 6 nitrogen and oxygen atoms in total. The van der Waals surface area contributed by atoms with Crippen LogP contribution in [-0.2, 0) is 0 Å². The normalized spacial score (nSPS) is 18.5. The van der Waals surface area contributed by atoms with Gasteiger partial charge in [0.25, 0.3) is 5.91 Å². The molecule has 4 heterocycles. The number of likely N-dealkylation sites (tertiary alicyclic amines) is 1. The highest BCUT2D eigenvalue weighted by molar-refractivity contribution is 5.94. The number of H-pyrrole nitrogens is 1. The number of aryl methyl sites for hydroxylation is 2. The zero-order valence-corrected chi connectivity index (χ0v) is 14.7. The number of hydrogen-bond donors (Lipinski definition) is 1. The summed E-state index contributed by atoms with van der Waals surface area (Å²) in [6.07, 6.45) is 9.74. The van der Waals surface area contributed by atoms with Gasteiger partial charge in [-0.1, -0.05) is 12.8 Å². The summed E-state index contributed by atoms with van der Waals surface area (Å²) in [4.78, 5) is 19.5. The summed E-state index contributed by atoms with van der Waals surface area (Å²) in [6, 6.07) is 3.94. The Labute approximate surface area is 146 Å². The Balaban J connectivity index is 1.72. The summed E-state index contributed by atoms with van der Waals surface area (Å²) < 4.78 is 1.90. The molecule has 4 rings (SSSR count). The molecule has 0 bridgehead atoms. The van der Waals surface area contributed by atoms with E-state index in [-0.39, 0.29) is 11.9 Å². The smallest absolute Gasteiger partial charge is 0.255 e. The van der Waals surface area contributed by atoms with Gasteiger partial charge >= 0.3 is 0 Å². The van der Waals surface area contributed by atoms with Crippen LogP contribution in [-0.4, -0.2) is 36.9 Å². The molecule has 3 aromatic heterocycles. The molecule has 25 heavy (non-hydrogen) atoms. The lowest BCUT2D eigenvalue weighted by molar-refractivity contribution is 0.0679. The largest absolute Gasteiger partial charge is 0.331 e. The van der Waals surface area contributed by atoms with Crippen LogP contribution in [0.5, 0.6) is 0 Å². The highest BCUT2D eigenvalue weighted by Crippen LogP contribution is 2.34. The van der Waals surface area contributed by atoms with E-state index in [2.05, 4.69) is 15.2 Å². The molecule has 0 radical (unpaired) electrons.